The maximum atomic E-state index is 15.0. The maximum absolute atomic E-state index is 15.0. The zero-order valence-corrected chi connectivity index (χ0v) is 17.7. The number of amides is 1. The molecule has 0 aliphatic rings. The number of hydrogen-bond donors (Lipinski definition) is 1. The third-order valence-electron chi connectivity index (χ3n) is 5.32. The lowest BCUT2D eigenvalue weighted by Crippen LogP contribution is -2.23. The summed E-state index contributed by atoms with van der Waals surface area (Å²) >= 11 is 0. The molecule has 0 saturated carbocycles. The summed E-state index contributed by atoms with van der Waals surface area (Å²) in [6.07, 6.45) is 4.39. The summed E-state index contributed by atoms with van der Waals surface area (Å²) in [5.41, 5.74) is 7.36. The van der Waals surface area contributed by atoms with E-state index in [0.29, 0.717) is 22.3 Å². The highest BCUT2D eigenvalue weighted by Gasteiger charge is 2.20. The minimum atomic E-state index is -0.586. The number of nitrogens with two attached hydrogens (primary N) is 1. The number of carbonyl (C=O) groups is 1. The molecule has 8 heteroatoms. The Morgan fingerprint density at radius 3 is 2.45 bits per heavy atom. The molecular formula is C23H22FN5O2. The summed E-state index contributed by atoms with van der Waals surface area (Å²) in [7, 11) is 0. The highest BCUT2D eigenvalue weighted by molar-refractivity contribution is 5.92. The molecule has 2 N–H and O–H groups in total. The molecule has 1 amide bonds. The average Bonchev–Trinajstić information content (AvgIpc) is 3.18. The Balaban J connectivity index is 1.89. The third-order valence-corrected chi connectivity index (χ3v) is 5.32. The smallest absolute Gasteiger partial charge is 0.282 e. The summed E-state index contributed by atoms with van der Waals surface area (Å²) in [6, 6.07) is 8.46. The first kappa shape index (κ1) is 20.5. The van der Waals surface area contributed by atoms with Crippen molar-refractivity contribution >= 4 is 16.7 Å². The highest BCUT2D eigenvalue weighted by atomic mass is 19.1. The third kappa shape index (κ3) is 3.50. The summed E-state index contributed by atoms with van der Waals surface area (Å²) in [6.45, 7) is 7.75. The van der Waals surface area contributed by atoms with Crippen LogP contribution in [0.2, 0.25) is 0 Å². The second-order valence-corrected chi connectivity index (χ2v) is 8.49. The number of halogens is 1. The molecule has 2 aromatic carbocycles. The van der Waals surface area contributed by atoms with E-state index in [0.717, 1.165) is 5.56 Å². The van der Waals surface area contributed by atoms with Crippen molar-refractivity contribution < 1.29 is 9.18 Å². The van der Waals surface area contributed by atoms with Crippen LogP contribution in [0.5, 0.6) is 0 Å². The number of aromatic nitrogens is 4. The molecule has 0 aliphatic carbocycles. The zero-order chi connectivity index (χ0) is 22.5. The molecular weight excluding hydrogens is 397 g/mol. The molecule has 0 atom stereocenters. The average molecular weight is 419 g/mol. The van der Waals surface area contributed by atoms with E-state index in [2.05, 4.69) is 10.2 Å². The molecule has 158 valence electrons. The van der Waals surface area contributed by atoms with Gasteiger partial charge < -0.3 is 5.73 Å². The fraction of sp³-hybridized carbons (Fsp3) is 0.217. The van der Waals surface area contributed by atoms with Crippen molar-refractivity contribution in [3.05, 3.63) is 81.8 Å². The lowest BCUT2D eigenvalue weighted by Gasteiger charge is -2.20. The lowest BCUT2D eigenvalue weighted by molar-refractivity contribution is 0.100. The fourth-order valence-electron chi connectivity index (χ4n) is 3.51. The molecule has 4 rings (SSSR count). The van der Waals surface area contributed by atoms with Crippen LogP contribution < -0.4 is 11.3 Å². The van der Waals surface area contributed by atoms with Gasteiger partial charge in [-0.1, -0.05) is 26.8 Å². The second-order valence-electron chi connectivity index (χ2n) is 8.49. The van der Waals surface area contributed by atoms with Gasteiger partial charge in [-0.15, -0.1) is 0 Å². The molecule has 2 aromatic heterocycles. The Kier molecular flexibility index (Phi) is 4.72. The number of primary amides is 1. The van der Waals surface area contributed by atoms with Crippen LogP contribution in [0, 0.1) is 12.7 Å². The van der Waals surface area contributed by atoms with Crippen LogP contribution >= 0.6 is 0 Å². The van der Waals surface area contributed by atoms with E-state index in [1.54, 1.807) is 31.2 Å². The van der Waals surface area contributed by atoms with E-state index >= 15 is 0 Å². The number of nitrogens with zero attached hydrogens (tertiary/aromatic N) is 4. The molecule has 4 aromatic rings. The standard InChI is InChI=1S/C23H22FN5O2/c1-13-18(28-12-15(11-26-28)21(25)30)6-5-7-19(13)29-22(31)20-14(10-27-29)8-16(9-17(20)24)23(2,3)4/h5-12H,1-4H3,(H2,25,30). The van der Waals surface area contributed by atoms with Gasteiger partial charge in [-0.2, -0.15) is 14.9 Å². The van der Waals surface area contributed by atoms with E-state index in [1.807, 2.05) is 20.8 Å². The first-order chi connectivity index (χ1) is 14.6. The molecule has 7 nitrogen and oxygen atoms in total. The van der Waals surface area contributed by atoms with Crippen molar-refractivity contribution in [1.82, 2.24) is 19.6 Å². The van der Waals surface area contributed by atoms with E-state index in [4.69, 9.17) is 5.73 Å². The van der Waals surface area contributed by atoms with Crippen LogP contribution in [0.4, 0.5) is 4.39 Å². The van der Waals surface area contributed by atoms with Crippen LogP contribution in [0.25, 0.3) is 22.1 Å². The lowest BCUT2D eigenvalue weighted by atomic mass is 9.86. The van der Waals surface area contributed by atoms with Gasteiger partial charge in [-0.05, 0) is 42.2 Å². The van der Waals surface area contributed by atoms with Crippen molar-refractivity contribution in [2.24, 2.45) is 5.73 Å². The molecule has 31 heavy (non-hydrogen) atoms. The van der Waals surface area contributed by atoms with Crippen molar-refractivity contribution in [2.45, 2.75) is 33.1 Å². The first-order valence-corrected chi connectivity index (χ1v) is 9.75. The Morgan fingerprint density at radius 2 is 1.81 bits per heavy atom. The van der Waals surface area contributed by atoms with Gasteiger partial charge in [0.05, 0.1) is 34.7 Å². The normalized spacial score (nSPS) is 11.8. The van der Waals surface area contributed by atoms with Crippen molar-refractivity contribution in [1.29, 1.82) is 0 Å². The van der Waals surface area contributed by atoms with E-state index in [-0.39, 0.29) is 16.4 Å². The summed E-state index contributed by atoms with van der Waals surface area (Å²) in [5, 5.41) is 8.92. The largest absolute Gasteiger partial charge is 0.366 e. The van der Waals surface area contributed by atoms with Gasteiger partial charge in [0.25, 0.3) is 11.5 Å². The van der Waals surface area contributed by atoms with Crippen LogP contribution in [0.3, 0.4) is 0 Å². The SMILES string of the molecule is Cc1c(-n2cc(C(N)=O)cn2)cccc1-n1ncc2cc(C(C)(C)C)cc(F)c2c1=O. The van der Waals surface area contributed by atoms with Crippen LogP contribution in [-0.2, 0) is 5.41 Å². The Hall–Kier alpha value is -3.81. The van der Waals surface area contributed by atoms with Crippen molar-refractivity contribution in [3.8, 4) is 11.4 Å². The number of benzene rings is 2. The predicted molar refractivity (Wildman–Crippen MR) is 116 cm³/mol. The van der Waals surface area contributed by atoms with Crippen molar-refractivity contribution in [3.63, 3.8) is 0 Å². The molecule has 0 radical (unpaired) electrons. The Morgan fingerprint density at radius 1 is 1.10 bits per heavy atom. The maximum Gasteiger partial charge on any atom is 0.282 e. The van der Waals surface area contributed by atoms with Gasteiger partial charge in [0.2, 0.25) is 0 Å². The molecule has 0 unspecified atom stereocenters. The van der Waals surface area contributed by atoms with Gasteiger partial charge in [0, 0.05) is 17.1 Å². The van der Waals surface area contributed by atoms with Gasteiger partial charge in [-0.25, -0.2) is 9.07 Å². The van der Waals surface area contributed by atoms with Crippen molar-refractivity contribution in [2.75, 3.05) is 0 Å². The number of fused-ring (bicyclic) bond motifs is 1. The minimum absolute atomic E-state index is 0.0112. The number of carbonyl (C=O) groups excluding carboxylic acids is 1. The number of rotatable bonds is 3. The second kappa shape index (κ2) is 7.16. The number of hydrogen-bond acceptors (Lipinski definition) is 4. The van der Waals surface area contributed by atoms with Gasteiger partial charge in [0.1, 0.15) is 5.82 Å². The molecule has 0 spiro atoms. The monoisotopic (exact) mass is 419 g/mol. The minimum Gasteiger partial charge on any atom is -0.366 e. The van der Waals surface area contributed by atoms with E-state index < -0.39 is 17.3 Å². The van der Waals surface area contributed by atoms with Gasteiger partial charge >= 0.3 is 0 Å². The first-order valence-electron chi connectivity index (χ1n) is 9.75. The van der Waals surface area contributed by atoms with E-state index in [1.165, 1.54) is 34.0 Å². The molecule has 0 aliphatic heterocycles. The Bertz CT molecular complexity index is 1400. The molecule has 2 heterocycles. The quantitative estimate of drug-likeness (QED) is 0.550. The molecule has 0 saturated heterocycles. The highest BCUT2D eigenvalue weighted by Crippen LogP contribution is 2.27. The fourth-order valence-corrected chi connectivity index (χ4v) is 3.51. The molecule has 0 fully saturated rings. The van der Waals surface area contributed by atoms with Crippen LogP contribution in [-0.4, -0.2) is 25.5 Å². The topological polar surface area (TPSA) is 95.8 Å². The summed E-state index contributed by atoms with van der Waals surface area (Å²) in [4.78, 5) is 24.6. The zero-order valence-electron chi connectivity index (χ0n) is 17.7. The van der Waals surface area contributed by atoms with Gasteiger partial charge in [-0.3, -0.25) is 9.59 Å². The van der Waals surface area contributed by atoms with Crippen LogP contribution in [0.15, 0.2) is 53.7 Å². The van der Waals surface area contributed by atoms with Crippen LogP contribution in [0.1, 0.15) is 42.3 Å². The van der Waals surface area contributed by atoms with E-state index in [9.17, 15) is 14.0 Å². The molecule has 0 bridgehead atoms. The Labute approximate surface area is 177 Å². The summed E-state index contributed by atoms with van der Waals surface area (Å²) < 4.78 is 17.6. The van der Waals surface area contributed by atoms with Gasteiger partial charge in [0.15, 0.2) is 0 Å². The predicted octanol–water partition coefficient (Wildman–Crippen LogP) is 3.42. The summed E-state index contributed by atoms with van der Waals surface area (Å²) in [5.74, 6) is -1.16.